The van der Waals surface area contributed by atoms with Crippen molar-refractivity contribution in [1.29, 1.82) is 0 Å². The Hall–Kier alpha value is -1.63. The number of ether oxygens (including phenoxy) is 1. The van der Waals surface area contributed by atoms with Gasteiger partial charge in [-0.2, -0.15) is 4.98 Å². The van der Waals surface area contributed by atoms with Crippen LogP contribution < -0.4 is 0 Å². The standard InChI is InChI=1S/C16H26N4O3/c1-19(2)16(21)20-9-4-3-5-13(20)15-17-14(18-23-15)8-10-22-11-12-6-7-12/h12-13H,3-11H2,1-2H3. The van der Waals surface area contributed by atoms with Crippen LogP contribution in [0.5, 0.6) is 0 Å². The molecule has 0 N–H and O–H groups in total. The summed E-state index contributed by atoms with van der Waals surface area (Å²) in [6.07, 6.45) is 6.22. The summed E-state index contributed by atoms with van der Waals surface area (Å²) in [5.74, 6) is 1.99. The molecule has 0 radical (unpaired) electrons. The summed E-state index contributed by atoms with van der Waals surface area (Å²) in [4.78, 5) is 20.2. The van der Waals surface area contributed by atoms with Gasteiger partial charge < -0.3 is 19.1 Å². The maximum Gasteiger partial charge on any atom is 0.320 e. The first-order valence-corrected chi connectivity index (χ1v) is 8.53. The Morgan fingerprint density at radius 2 is 2.17 bits per heavy atom. The number of carbonyl (C=O) groups excluding carboxylic acids is 1. The highest BCUT2D eigenvalue weighted by molar-refractivity contribution is 5.74. The van der Waals surface area contributed by atoms with Gasteiger partial charge in [-0.15, -0.1) is 0 Å². The van der Waals surface area contributed by atoms with Gasteiger partial charge in [0, 0.05) is 33.7 Å². The molecule has 23 heavy (non-hydrogen) atoms. The van der Waals surface area contributed by atoms with Gasteiger partial charge >= 0.3 is 6.03 Å². The summed E-state index contributed by atoms with van der Waals surface area (Å²) in [5, 5.41) is 4.04. The molecule has 2 heterocycles. The second-order valence-corrected chi connectivity index (χ2v) is 6.70. The predicted octanol–water partition coefficient (Wildman–Crippen LogP) is 2.25. The lowest BCUT2D eigenvalue weighted by Crippen LogP contribution is -2.44. The van der Waals surface area contributed by atoms with E-state index >= 15 is 0 Å². The average molecular weight is 322 g/mol. The third kappa shape index (κ3) is 4.22. The van der Waals surface area contributed by atoms with Crippen LogP contribution in [0.25, 0.3) is 0 Å². The van der Waals surface area contributed by atoms with E-state index in [1.807, 2.05) is 4.90 Å². The topological polar surface area (TPSA) is 71.7 Å². The molecule has 0 bridgehead atoms. The van der Waals surface area contributed by atoms with E-state index in [1.165, 1.54) is 12.8 Å². The second-order valence-electron chi connectivity index (χ2n) is 6.70. The third-order valence-corrected chi connectivity index (χ3v) is 4.42. The monoisotopic (exact) mass is 322 g/mol. The Morgan fingerprint density at radius 3 is 2.91 bits per heavy atom. The van der Waals surface area contributed by atoms with Crippen molar-refractivity contribution in [2.45, 2.75) is 44.6 Å². The van der Waals surface area contributed by atoms with E-state index in [0.29, 0.717) is 24.7 Å². The molecule has 1 saturated carbocycles. The first-order chi connectivity index (χ1) is 11.1. The summed E-state index contributed by atoms with van der Waals surface area (Å²) in [6.45, 7) is 2.21. The molecule has 1 unspecified atom stereocenters. The van der Waals surface area contributed by atoms with Crippen molar-refractivity contribution >= 4 is 6.03 Å². The molecule has 1 saturated heterocycles. The highest BCUT2D eigenvalue weighted by Crippen LogP contribution is 2.31. The zero-order valence-corrected chi connectivity index (χ0v) is 14.0. The van der Waals surface area contributed by atoms with E-state index in [0.717, 1.165) is 38.3 Å². The molecule has 1 aromatic heterocycles. The van der Waals surface area contributed by atoms with Crippen LogP contribution in [0.1, 0.15) is 49.9 Å². The zero-order chi connectivity index (χ0) is 16.2. The van der Waals surface area contributed by atoms with Crippen molar-refractivity contribution in [2.24, 2.45) is 5.92 Å². The summed E-state index contributed by atoms with van der Waals surface area (Å²) in [6, 6.07) is -0.102. The van der Waals surface area contributed by atoms with Crippen LogP contribution in [-0.4, -0.2) is 59.8 Å². The smallest absolute Gasteiger partial charge is 0.320 e. The minimum atomic E-state index is -0.104. The van der Waals surface area contributed by atoms with Gasteiger partial charge in [0.25, 0.3) is 0 Å². The molecule has 2 aliphatic rings. The van der Waals surface area contributed by atoms with E-state index < -0.39 is 0 Å². The number of urea groups is 1. The number of amides is 2. The van der Waals surface area contributed by atoms with Crippen LogP contribution >= 0.6 is 0 Å². The van der Waals surface area contributed by atoms with E-state index in [4.69, 9.17) is 9.26 Å². The highest BCUT2D eigenvalue weighted by atomic mass is 16.5. The van der Waals surface area contributed by atoms with E-state index in [9.17, 15) is 4.79 Å². The van der Waals surface area contributed by atoms with Crippen molar-refractivity contribution < 1.29 is 14.1 Å². The lowest BCUT2D eigenvalue weighted by atomic mass is 10.0. The maximum absolute atomic E-state index is 12.3. The normalized spacial score (nSPS) is 21.5. The first-order valence-electron chi connectivity index (χ1n) is 8.53. The third-order valence-electron chi connectivity index (χ3n) is 4.42. The van der Waals surface area contributed by atoms with Crippen molar-refractivity contribution in [1.82, 2.24) is 19.9 Å². The summed E-state index contributed by atoms with van der Waals surface area (Å²) in [7, 11) is 3.54. The lowest BCUT2D eigenvalue weighted by Gasteiger charge is -2.35. The van der Waals surface area contributed by atoms with Crippen LogP contribution in [0, 0.1) is 5.92 Å². The second kappa shape index (κ2) is 7.29. The molecule has 1 aliphatic carbocycles. The van der Waals surface area contributed by atoms with Crippen molar-refractivity contribution in [2.75, 3.05) is 33.9 Å². The number of piperidine rings is 1. The van der Waals surface area contributed by atoms with Gasteiger partial charge in [-0.05, 0) is 38.0 Å². The van der Waals surface area contributed by atoms with Gasteiger partial charge in [0.15, 0.2) is 5.82 Å². The first kappa shape index (κ1) is 16.2. The molecule has 2 amide bonds. The predicted molar refractivity (Wildman–Crippen MR) is 83.9 cm³/mol. The van der Waals surface area contributed by atoms with Crippen LogP contribution in [0.15, 0.2) is 4.52 Å². The van der Waals surface area contributed by atoms with Gasteiger partial charge in [-0.3, -0.25) is 0 Å². The van der Waals surface area contributed by atoms with Crippen molar-refractivity contribution in [3.63, 3.8) is 0 Å². The van der Waals surface area contributed by atoms with Crippen LogP contribution in [0.4, 0.5) is 4.79 Å². The number of hydrogen-bond acceptors (Lipinski definition) is 5. The summed E-state index contributed by atoms with van der Waals surface area (Å²) >= 11 is 0. The Morgan fingerprint density at radius 1 is 1.35 bits per heavy atom. The molecule has 0 aromatic carbocycles. The SMILES string of the molecule is CN(C)C(=O)N1CCCCC1c1nc(CCOCC2CC2)no1. The average Bonchev–Trinajstić information content (AvgIpc) is 3.27. The number of carbonyl (C=O) groups is 1. The van der Waals surface area contributed by atoms with Gasteiger partial charge in [-0.1, -0.05) is 5.16 Å². The summed E-state index contributed by atoms with van der Waals surface area (Å²) in [5.41, 5.74) is 0. The van der Waals surface area contributed by atoms with Crippen LogP contribution in [0.3, 0.4) is 0 Å². The van der Waals surface area contributed by atoms with Gasteiger partial charge in [-0.25, -0.2) is 4.79 Å². The molecule has 3 rings (SSSR count). The van der Waals surface area contributed by atoms with E-state index in [-0.39, 0.29) is 12.1 Å². The number of rotatable bonds is 6. The maximum atomic E-state index is 12.3. The molecular formula is C16H26N4O3. The fraction of sp³-hybridized carbons (Fsp3) is 0.812. The molecule has 1 atom stereocenters. The number of likely N-dealkylation sites (tertiary alicyclic amines) is 1. The number of aromatic nitrogens is 2. The van der Waals surface area contributed by atoms with Crippen molar-refractivity contribution in [3.8, 4) is 0 Å². The van der Waals surface area contributed by atoms with Crippen LogP contribution in [-0.2, 0) is 11.2 Å². The molecule has 7 nitrogen and oxygen atoms in total. The molecule has 0 spiro atoms. The van der Waals surface area contributed by atoms with E-state index in [1.54, 1.807) is 19.0 Å². The Bertz CT molecular complexity index is 527. The minimum Gasteiger partial charge on any atom is -0.381 e. The molecule has 1 aromatic rings. The fourth-order valence-electron chi connectivity index (χ4n) is 2.88. The molecule has 7 heteroatoms. The zero-order valence-electron chi connectivity index (χ0n) is 14.0. The van der Waals surface area contributed by atoms with Crippen molar-refractivity contribution in [3.05, 3.63) is 11.7 Å². The molecule has 1 aliphatic heterocycles. The quantitative estimate of drug-likeness (QED) is 0.751. The molecule has 2 fully saturated rings. The highest BCUT2D eigenvalue weighted by Gasteiger charge is 2.32. The van der Waals surface area contributed by atoms with Gasteiger partial charge in [0.2, 0.25) is 5.89 Å². The summed E-state index contributed by atoms with van der Waals surface area (Å²) < 4.78 is 11.0. The number of nitrogens with zero attached hydrogens (tertiary/aromatic N) is 4. The Balaban J connectivity index is 1.56. The van der Waals surface area contributed by atoms with Gasteiger partial charge in [0.05, 0.1) is 6.61 Å². The van der Waals surface area contributed by atoms with Crippen LogP contribution in [0.2, 0.25) is 0 Å². The Labute approximate surface area is 137 Å². The largest absolute Gasteiger partial charge is 0.381 e. The number of hydrogen-bond donors (Lipinski definition) is 0. The lowest BCUT2D eigenvalue weighted by molar-refractivity contribution is 0.113. The minimum absolute atomic E-state index is 0.00205. The molecular weight excluding hydrogens is 296 g/mol. The Kier molecular flexibility index (Phi) is 5.15. The van der Waals surface area contributed by atoms with Gasteiger partial charge in [0.1, 0.15) is 6.04 Å². The fourth-order valence-corrected chi connectivity index (χ4v) is 2.88. The van der Waals surface area contributed by atoms with E-state index in [2.05, 4.69) is 10.1 Å². The molecule has 128 valence electrons.